The molecule has 0 spiro atoms. The minimum atomic E-state index is -1.61. The van der Waals surface area contributed by atoms with E-state index in [1.54, 1.807) is 0 Å². The zero-order chi connectivity index (χ0) is 15.7. The largest absolute Gasteiger partial charge is 0.469 e. The Bertz CT molecular complexity index is 602. The average molecular weight is 282 g/mol. The van der Waals surface area contributed by atoms with Crippen molar-refractivity contribution in [3.05, 3.63) is 11.6 Å². The third-order valence-electron chi connectivity index (χ3n) is 4.58. The number of hydrogen-bond donors (Lipinski definition) is 1. The summed E-state index contributed by atoms with van der Waals surface area (Å²) in [5.74, 6) is -0.543. The van der Waals surface area contributed by atoms with Crippen molar-refractivity contribution in [3.63, 3.8) is 0 Å². The van der Waals surface area contributed by atoms with E-state index in [4.69, 9.17) is 10.1 Å². The first kappa shape index (κ1) is 15.1. The van der Waals surface area contributed by atoms with Crippen LogP contribution in [0.5, 0.6) is 0 Å². The maximum Gasteiger partial charge on any atom is 0.211 e. The predicted molar refractivity (Wildman–Crippen MR) is 75.7 cm³/mol. The van der Waals surface area contributed by atoms with Crippen molar-refractivity contribution in [2.45, 2.75) is 45.6 Å². The molecule has 0 aromatic carbocycles. The second kappa shape index (κ2) is 5.23. The third-order valence-corrected chi connectivity index (χ3v) is 4.58. The fourth-order valence-electron chi connectivity index (χ4n) is 3.62. The lowest BCUT2D eigenvalue weighted by atomic mass is 9.53. The molecule has 3 atom stereocenters. The van der Waals surface area contributed by atoms with Gasteiger partial charge in [-0.05, 0) is 18.4 Å². The minimum absolute atomic E-state index is 0.223. The Morgan fingerprint density at radius 2 is 1.86 bits per heavy atom. The van der Waals surface area contributed by atoms with Crippen LogP contribution >= 0.6 is 0 Å². The predicted octanol–water partition coefficient (Wildman–Crippen LogP) is 3.06. The number of allylic oxidation sites excluding steroid dienone is 1. The van der Waals surface area contributed by atoms with Crippen LogP contribution in [0.3, 0.4) is 0 Å². The molecular formula is C16H18N4O. The molecule has 0 unspecified atom stereocenters. The number of nitrogens with zero attached hydrogens (tertiary/aromatic N) is 3. The van der Waals surface area contributed by atoms with Gasteiger partial charge in [-0.3, -0.25) is 5.41 Å². The van der Waals surface area contributed by atoms with Gasteiger partial charge in [0.15, 0.2) is 11.5 Å². The molecule has 21 heavy (non-hydrogen) atoms. The summed E-state index contributed by atoms with van der Waals surface area (Å²) in [4.78, 5) is 0. The quantitative estimate of drug-likeness (QED) is 0.800. The van der Waals surface area contributed by atoms with Gasteiger partial charge >= 0.3 is 0 Å². The summed E-state index contributed by atoms with van der Waals surface area (Å²) in [7, 11) is 0. The van der Waals surface area contributed by atoms with Crippen molar-refractivity contribution < 1.29 is 4.74 Å². The van der Waals surface area contributed by atoms with Crippen LogP contribution in [0.1, 0.15) is 39.5 Å². The zero-order valence-electron chi connectivity index (χ0n) is 12.3. The van der Waals surface area contributed by atoms with Crippen LogP contribution in [0.2, 0.25) is 0 Å². The molecule has 0 aromatic heterocycles. The van der Waals surface area contributed by atoms with E-state index in [2.05, 4.69) is 6.07 Å². The number of hydrogen-bond acceptors (Lipinski definition) is 5. The van der Waals surface area contributed by atoms with Gasteiger partial charge in [-0.2, -0.15) is 15.8 Å². The van der Waals surface area contributed by atoms with Crippen molar-refractivity contribution in [1.82, 2.24) is 0 Å². The van der Waals surface area contributed by atoms with Gasteiger partial charge in [-0.15, -0.1) is 0 Å². The van der Waals surface area contributed by atoms with Crippen molar-refractivity contribution in [3.8, 4) is 18.2 Å². The van der Waals surface area contributed by atoms with Crippen LogP contribution in [-0.2, 0) is 4.74 Å². The lowest BCUT2D eigenvalue weighted by molar-refractivity contribution is 0.144. The lowest BCUT2D eigenvalue weighted by Crippen LogP contribution is -2.51. The molecule has 5 heteroatoms. The Labute approximate surface area is 124 Å². The highest BCUT2D eigenvalue weighted by atomic mass is 16.5. The molecule has 0 saturated carbocycles. The number of rotatable bonds is 4. The smallest absolute Gasteiger partial charge is 0.211 e. The van der Waals surface area contributed by atoms with Crippen LogP contribution < -0.4 is 0 Å². The van der Waals surface area contributed by atoms with E-state index in [-0.39, 0.29) is 11.8 Å². The number of ether oxygens (including phenoxy) is 1. The fourth-order valence-corrected chi connectivity index (χ4v) is 3.62. The van der Waals surface area contributed by atoms with Crippen molar-refractivity contribution in [2.75, 3.05) is 0 Å². The van der Waals surface area contributed by atoms with Crippen molar-refractivity contribution in [2.24, 2.45) is 16.7 Å². The lowest BCUT2D eigenvalue weighted by Gasteiger charge is -2.39. The topological polar surface area (TPSA) is 104 Å². The molecule has 0 amide bonds. The summed E-state index contributed by atoms with van der Waals surface area (Å²) in [6, 6.07) is 6.19. The molecule has 5 nitrogen and oxygen atoms in total. The van der Waals surface area contributed by atoms with Crippen molar-refractivity contribution in [1.29, 1.82) is 21.2 Å². The monoisotopic (exact) mass is 282 g/mol. The first-order chi connectivity index (χ1) is 10.1. The number of nitrogens with one attached hydrogen (secondary N) is 1. The molecular weight excluding hydrogens is 264 g/mol. The van der Waals surface area contributed by atoms with Crippen LogP contribution in [0.15, 0.2) is 11.6 Å². The van der Waals surface area contributed by atoms with Gasteiger partial charge in [0.25, 0.3) is 0 Å². The highest BCUT2D eigenvalue weighted by Crippen LogP contribution is 2.60. The SMILES string of the molecule is CCCC1=C[C@@H](CCC)[C@]2(C#N)C(=N)O[C@@H]1C2(C#N)C#N. The summed E-state index contributed by atoms with van der Waals surface area (Å²) in [6.07, 6.45) is 4.25. The van der Waals surface area contributed by atoms with Crippen LogP contribution in [0.25, 0.3) is 0 Å². The van der Waals surface area contributed by atoms with Gasteiger partial charge in [-0.25, -0.2) is 0 Å². The molecule has 2 bridgehead atoms. The van der Waals surface area contributed by atoms with E-state index in [0.29, 0.717) is 12.8 Å². The van der Waals surface area contributed by atoms with Gasteiger partial charge in [0.1, 0.15) is 0 Å². The second-order valence-electron chi connectivity index (χ2n) is 5.67. The average Bonchev–Trinajstić information content (AvgIpc) is 2.68. The maximum absolute atomic E-state index is 9.75. The Morgan fingerprint density at radius 3 is 2.33 bits per heavy atom. The van der Waals surface area contributed by atoms with E-state index < -0.39 is 16.9 Å². The van der Waals surface area contributed by atoms with Crippen LogP contribution in [-0.4, -0.2) is 12.0 Å². The molecule has 1 aliphatic heterocycles. The molecule has 1 fully saturated rings. The Hall–Kier alpha value is -2.32. The molecule has 1 saturated heterocycles. The summed E-state index contributed by atoms with van der Waals surface area (Å²) < 4.78 is 5.57. The fraction of sp³-hybridized carbons (Fsp3) is 0.625. The third kappa shape index (κ3) is 1.63. The highest BCUT2D eigenvalue weighted by molar-refractivity contribution is 5.90. The van der Waals surface area contributed by atoms with E-state index >= 15 is 0 Å². The summed E-state index contributed by atoms with van der Waals surface area (Å²) >= 11 is 0. The number of fused-ring (bicyclic) bond motifs is 2. The number of nitriles is 3. The molecule has 2 rings (SSSR count). The van der Waals surface area contributed by atoms with Crippen LogP contribution in [0.4, 0.5) is 0 Å². The molecule has 2 aliphatic rings. The van der Waals surface area contributed by atoms with Gasteiger partial charge < -0.3 is 4.74 Å². The van der Waals surface area contributed by atoms with Gasteiger partial charge in [0.05, 0.1) is 18.2 Å². The van der Waals surface area contributed by atoms with Crippen molar-refractivity contribution >= 4 is 5.90 Å². The summed E-state index contributed by atoms with van der Waals surface area (Å²) in [5, 5.41) is 37.2. The minimum Gasteiger partial charge on any atom is -0.469 e. The molecule has 0 aromatic rings. The van der Waals surface area contributed by atoms with E-state index in [1.165, 1.54) is 0 Å². The Balaban J connectivity index is 2.73. The maximum atomic E-state index is 9.75. The van der Waals surface area contributed by atoms with Gasteiger partial charge in [0.2, 0.25) is 11.3 Å². The van der Waals surface area contributed by atoms with E-state index in [9.17, 15) is 15.8 Å². The Kier molecular flexibility index (Phi) is 3.75. The van der Waals surface area contributed by atoms with Gasteiger partial charge in [0, 0.05) is 5.92 Å². The zero-order valence-corrected chi connectivity index (χ0v) is 12.3. The first-order valence-electron chi connectivity index (χ1n) is 7.27. The van der Waals surface area contributed by atoms with E-state index in [0.717, 1.165) is 18.4 Å². The molecule has 1 aliphatic carbocycles. The Morgan fingerprint density at radius 1 is 1.19 bits per heavy atom. The second-order valence-corrected chi connectivity index (χ2v) is 5.67. The summed E-state index contributed by atoms with van der Waals surface area (Å²) in [5.41, 5.74) is -2.21. The standard InChI is InChI=1S/C16H18N4O/c1-3-5-11-7-12(6-4-2)16(10-19)14(20)21-13(11)15(16,8-17)9-18/h7,12-13,20H,3-6H2,1-2H3/t12-,13+,16-/m1/s1. The summed E-state index contributed by atoms with van der Waals surface area (Å²) in [6.45, 7) is 4.01. The molecule has 108 valence electrons. The van der Waals surface area contributed by atoms with E-state index in [1.807, 2.05) is 32.1 Å². The first-order valence-corrected chi connectivity index (χ1v) is 7.27. The highest BCUT2D eigenvalue weighted by Gasteiger charge is 2.73. The normalized spacial score (nSPS) is 32.3. The van der Waals surface area contributed by atoms with Crippen LogP contribution in [0, 0.1) is 56.2 Å². The molecule has 1 N–H and O–H groups in total. The molecule has 0 radical (unpaired) electrons. The molecule has 1 heterocycles. The van der Waals surface area contributed by atoms with Gasteiger partial charge in [-0.1, -0.05) is 32.8 Å².